The number of hydrogen-bond donors (Lipinski definition) is 1. The minimum Gasteiger partial charge on any atom is -0.340 e. The first-order chi connectivity index (χ1) is 11.2. The summed E-state index contributed by atoms with van der Waals surface area (Å²) in [4.78, 5) is 17.2. The molecule has 1 aromatic rings. The maximum absolute atomic E-state index is 12.6. The van der Waals surface area contributed by atoms with E-state index in [1.165, 1.54) is 5.56 Å². The van der Waals surface area contributed by atoms with E-state index < -0.39 is 0 Å². The van der Waals surface area contributed by atoms with Crippen molar-refractivity contribution in [3.05, 3.63) is 35.9 Å². The van der Waals surface area contributed by atoms with Gasteiger partial charge in [-0.25, -0.2) is 0 Å². The van der Waals surface area contributed by atoms with Gasteiger partial charge in [0.05, 0.1) is 0 Å². The van der Waals surface area contributed by atoms with E-state index in [1.54, 1.807) is 0 Å². The zero-order valence-electron chi connectivity index (χ0n) is 14.0. The van der Waals surface area contributed by atoms with E-state index >= 15 is 0 Å². The van der Waals surface area contributed by atoms with E-state index in [0.717, 1.165) is 64.8 Å². The molecule has 1 saturated carbocycles. The van der Waals surface area contributed by atoms with E-state index in [-0.39, 0.29) is 12.0 Å². The standard InChI is InChI=1S/C19H29N3O/c20-18-8-4-7-17(15-18)19(23)22-13-11-21(12-14-22)10-9-16-5-2-1-3-6-16/h1-3,5-6,17-18H,4,7-15,20H2. The highest BCUT2D eigenvalue weighted by Crippen LogP contribution is 2.25. The largest absolute Gasteiger partial charge is 0.340 e. The number of benzene rings is 1. The van der Waals surface area contributed by atoms with Gasteiger partial charge in [-0.1, -0.05) is 36.8 Å². The Morgan fingerprint density at radius 3 is 2.52 bits per heavy atom. The van der Waals surface area contributed by atoms with Gasteiger partial charge in [0.1, 0.15) is 0 Å². The van der Waals surface area contributed by atoms with Crippen molar-refractivity contribution in [1.82, 2.24) is 9.80 Å². The molecular formula is C19H29N3O. The molecule has 4 heteroatoms. The van der Waals surface area contributed by atoms with Gasteiger partial charge in [-0.15, -0.1) is 0 Å². The summed E-state index contributed by atoms with van der Waals surface area (Å²) >= 11 is 0. The first-order valence-corrected chi connectivity index (χ1v) is 9.03. The van der Waals surface area contributed by atoms with Gasteiger partial charge in [0.15, 0.2) is 0 Å². The molecule has 0 radical (unpaired) electrons. The monoisotopic (exact) mass is 315 g/mol. The summed E-state index contributed by atoms with van der Waals surface area (Å²) < 4.78 is 0. The second-order valence-corrected chi connectivity index (χ2v) is 7.03. The number of carbonyl (C=O) groups excluding carboxylic acids is 1. The van der Waals surface area contributed by atoms with Gasteiger partial charge in [0.25, 0.3) is 0 Å². The van der Waals surface area contributed by atoms with Crippen LogP contribution in [0.25, 0.3) is 0 Å². The Hall–Kier alpha value is -1.39. The number of rotatable bonds is 4. The molecule has 2 atom stereocenters. The van der Waals surface area contributed by atoms with Crippen LogP contribution >= 0.6 is 0 Å². The minimum atomic E-state index is 0.176. The highest BCUT2D eigenvalue weighted by Gasteiger charge is 2.30. The maximum atomic E-state index is 12.6. The molecule has 1 amide bonds. The summed E-state index contributed by atoms with van der Waals surface area (Å²) in [6.45, 7) is 4.83. The number of amides is 1. The van der Waals surface area contributed by atoms with Gasteiger partial charge in [-0.3, -0.25) is 9.69 Å². The fourth-order valence-electron chi connectivity index (χ4n) is 3.83. The Bertz CT molecular complexity index is 497. The lowest BCUT2D eigenvalue weighted by Crippen LogP contribution is -2.51. The number of nitrogens with zero attached hydrogens (tertiary/aromatic N) is 2. The third-order valence-electron chi connectivity index (χ3n) is 5.31. The molecule has 0 aromatic heterocycles. The van der Waals surface area contributed by atoms with Crippen molar-refractivity contribution >= 4 is 5.91 Å². The van der Waals surface area contributed by atoms with Crippen molar-refractivity contribution in [2.24, 2.45) is 11.7 Å². The molecule has 3 rings (SSSR count). The smallest absolute Gasteiger partial charge is 0.225 e. The lowest BCUT2D eigenvalue weighted by atomic mass is 9.85. The second-order valence-electron chi connectivity index (χ2n) is 7.03. The van der Waals surface area contributed by atoms with Crippen LogP contribution in [0.1, 0.15) is 31.2 Å². The Morgan fingerprint density at radius 2 is 1.83 bits per heavy atom. The average molecular weight is 315 g/mol. The zero-order chi connectivity index (χ0) is 16.1. The van der Waals surface area contributed by atoms with Crippen LogP contribution in [0.2, 0.25) is 0 Å². The summed E-state index contributed by atoms with van der Waals surface area (Å²) in [7, 11) is 0. The van der Waals surface area contributed by atoms with Gasteiger partial charge in [-0.2, -0.15) is 0 Å². The van der Waals surface area contributed by atoms with E-state index in [2.05, 4.69) is 40.1 Å². The normalized spacial score (nSPS) is 26.2. The number of nitrogens with two attached hydrogens (primary N) is 1. The Morgan fingerprint density at radius 1 is 1.09 bits per heavy atom. The summed E-state index contributed by atoms with van der Waals surface area (Å²) in [6, 6.07) is 10.9. The minimum absolute atomic E-state index is 0.176. The van der Waals surface area contributed by atoms with E-state index in [9.17, 15) is 4.79 Å². The molecular weight excluding hydrogens is 286 g/mol. The molecule has 2 unspecified atom stereocenters. The summed E-state index contributed by atoms with van der Waals surface area (Å²) in [6.07, 6.45) is 5.19. The molecule has 2 aliphatic rings. The number of hydrogen-bond acceptors (Lipinski definition) is 3. The fraction of sp³-hybridized carbons (Fsp3) is 0.632. The predicted molar refractivity (Wildman–Crippen MR) is 93.1 cm³/mol. The zero-order valence-corrected chi connectivity index (χ0v) is 14.0. The highest BCUT2D eigenvalue weighted by atomic mass is 16.2. The van der Waals surface area contributed by atoms with Crippen LogP contribution in [0.4, 0.5) is 0 Å². The molecule has 0 spiro atoms. The van der Waals surface area contributed by atoms with Gasteiger partial charge >= 0.3 is 0 Å². The second kappa shape index (κ2) is 7.93. The number of carbonyl (C=O) groups is 1. The molecule has 4 nitrogen and oxygen atoms in total. The van der Waals surface area contributed by atoms with E-state index in [1.807, 2.05) is 0 Å². The van der Waals surface area contributed by atoms with Gasteiger partial charge in [-0.05, 0) is 31.2 Å². The third-order valence-corrected chi connectivity index (χ3v) is 5.31. The highest BCUT2D eigenvalue weighted by molar-refractivity contribution is 5.79. The van der Waals surface area contributed by atoms with E-state index in [4.69, 9.17) is 5.73 Å². The van der Waals surface area contributed by atoms with Crippen LogP contribution in [-0.2, 0) is 11.2 Å². The fourth-order valence-corrected chi connectivity index (χ4v) is 3.83. The van der Waals surface area contributed by atoms with Gasteiger partial charge < -0.3 is 10.6 Å². The Labute approximate surface area is 139 Å². The molecule has 1 aliphatic heterocycles. The molecule has 1 aromatic carbocycles. The van der Waals surface area contributed by atoms with Crippen LogP contribution in [0, 0.1) is 5.92 Å². The van der Waals surface area contributed by atoms with Crippen LogP contribution in [0.5, 0.6) is 0 Å². The molecule has 126 valence electrons. The van der Waals surface area contributed by atoms with E-state index in [0.29, 0.717) is 5.91 Å². The first kappa shape index (κ1) is 16.5. The van der Waals surface area contributed by atoms with Crippen molar-refractivity contribution in [2.75, 3.05) is 32.7 Å². The number of piperazine rings is 1. The summed E-state index contributed by atoms with van der Waals surface area (Å²) in [5.74, 6) is 0.525. The van der Waals surface area contributed by atoms with Crippen molar-refractivity contribution < 1.29 is 4.79 Å². The van der Waals surface area contributed by atoms with Crippen LogP contribution in [0.3, 0.4) is 0 Å². The molecule has 2 N–H and O–H groups in total. The molecule has 0 bridgehead atoms. The van der Waals surface area contributed by atoms with Gasteiger partial charge in [0.2, 0.25) is 5.91 Å². The first-order valence-electron chi connectivity index (χ1n) is 9.03. The SMILES string of the molecule is NC1CCCC(C(=O)N2CCN(CCc3ccccc3)CC2)C1. The molecule has 1 saturated heterocycles. The summed E-state index contributed by atoms with van der Waals surface area (Å²) in [5.41, 5.74) is 7.42. The lowest BCUT2D eigenvalue weighted by Gasteiger charge is -2.37. The van der Waals surface area contributed by atoms with Gasteiger partial charge in [0, 0.05) is 44.7 Å². The van der Waals surface area contributed by atoms with Crippen molar-refractivity contribution in [2.45, 2.75) is 38.1 Å². The lowest BCUT2D eigenvalue weighted by molar-refractivity contribution is -0.138. The molecule has 2 fully saturated rings. The van der Waals surface area contributed by atoms with Crippen LogP contribution in [-0.4, -0.2) is 54.5 Å². The summed E-state index contributed by atoms with van der Waals surface area (Å²) in [5, 5.41) is 0. The molecule has 1 heterocycles. The molecule has 1 aliphatic carbocycles. The average Bonchev–Trinajstić information content (AvgIpc) is 2.61. The van der Waals surface area contributed by atoms with Crippen molar-refractivity contribution in [1.29, 1.82) is 0 Å². The Kier molecular flexibility index (Phi) is 5.68. The quantitative estimate of drug-likeness (QED) is 0.923. The molecule has 23 heavy (non-hydrogen) atoms. The van der Waals surface area contributed by atoms with Crippen molar-refractivity contribution in [3.63, 3.8) is 0 Å². The third kappa shape index (κ3) is 4.55. The topological polar surface area (TPSA) is 49.6 Å². The van der Waals surface area contributed by atoms with Crippen molar-refractivity contribution in [3.8, 4) is 0 Å². The van der Waals surface area contributed by atoms with Crippen LogP contribution < -0.4 is 5.73 Å². The predicted octanol–water partition coefficient (Wildman–Crippen LogP) is 1.89. The van der Waals surface area contributed by atoms with Crippen LogP contribution in [0.15, 0.2) is 30.3 Å². The Balaban J connectivity index is 1.42. The maximum Gasteiger partial charge on any atom is 0.225 e.